The minimum absolute atomic E-state index is 0.0223. The third-order valence-electron chi connectivity index (χ3n) is 10.0. The third kappa shape index (κ3) is 16.5. The molecule has 2 aromatic heterocycles. The average molecular weight is 1010 g/mol. The lowest BCUT2D eigenvalue weighted by Gasteiger charge is -2.31. The van der Waals surface area contributed by atoms with Gasteiger partial charge in [-0.3, -0.25) is 14.2 Å². The maximum Gasteiger partial charge on any atom is 0.431 e. The summed E-state index contributed by atoms with van der Waals surface area (Å²) in [6.45, 7) is 16.9. The van der Waals surface area contributed by atoms with Gasteiger partial charge in [0.05, 0.1) is 31.1 Å². The maximum atomic E-state index is 13.1. The van der Waals surface area contributed by atoms with E-state index in [0.717, 1.165) is 48.8 Å². The van der Waals surface area contributed by atoms with Crippen molar-refractivity contribution in [2.24, 2.45) is 7.05 Å². The Morgan fingerprint density at radius 1 is 0.884 bits per heavy atom. The van der Waals surface area contributed by atoms with Crippen LogP contribution in [0.15, 0.2) is 76.3 Å². The standard InChI is InChI=1S/C25H25F3N2O6.C15H22ClNO2.C8H14ClN5/c1-5-16-6-7-17(20(12-16)36-15(2)23(32)34-4)14-35-19-10-8-18(9-11-19)30-22(31)13-21(25(26,27)28)29(3)24(30)33;1-5-13-8-6-7-11(2)15(13)17(14(18)9-16)12(3)10-19-4;1-4-10-7-12-6(9)13-8(14-7)11-5(2)3/h6-13,15H,5,14H2,1-4H3;6-8,12H,5,9-10H2,1-4H3;5H,4H2,1-3H3,(H2,10,11,12,13,14). The number of alkyl halides is 4. The van der Waals surface area contributed by atoms with Gasteiger partial charge in [0, 0.05) is 38.4 Å². The second-order valence-electron chi connectivity index (χ2n) is 15.6. The predicted molar refractivity (Wildman–Crippen MR) is 262 cm³/mol. The van der Waals surface area contributed by atoms with Crippen LogP contribution in [0.3, 0.4) is 0 Å². The van der Waals surface area contributed by atoms with Crippen LogP contribution in [0.4, 0.5) is 30.8 Å². The highest BCUT2D eigenvalue weighted by Crippen LogP contribution is 2.30. The largest absolute Gasteiger partial charge is 0.489 e. The van der Waals surface area contributed by atoms with Crippen LogP contribution >= 0.6 is 23.2 Å². The van der Waals surface area contributed by atoms with Gasteiger partial charge in [0.1, 0.15) is 29.7 Å². The molecule has 2 atom stereocenters. The number of halogens is 5. The Bertz CT molecular complexity index is 2590. The first-order valence-corrected chi connectivity index (χ1v) is 22.9. The smallest absolute Gasteiger partial charge is 0.431 e. The molecule has 0 aliphatic heterocycles. The number of anilines is 3. The normalized spacial score (nSPS) is 11.8. The van der Waals surface area contributed by atoms with Crippen molar-refractivity contribution >= 4 is 52.7 Å². The Hall–Kier alpha value is -6.18. The van der Waals surface area contributed by atoms with Crippen LogP contribution in [0, 0.1) is 6.92 Å². The summed E-state index contributed by atoms with van der Waals surface area (Å²) in [6, 6.07) is 18.0. The molecule has 0 bridgehead atoms. The van der Waals surface area contributed by atoms with E-state index in [1.807, 2.05) is 71.9 Å². The maximum absolute atomic E-state index is 13.1. The Kier molecular flexibility index (Phi) is 22.5. The molecule has 16 nitrogen and oxygen atoms in total. The van der Waals surface area contributed by atoms with Crippen LogP contribution in [0.5, 0.6) is 11.5 Å². The molecule has 3 aromatic carbocycles. The van der Waals surface area contributed by atoms with Crippen molar-refractivity contribution in [2.75, 3.05) is 48.8 Å². The van der Waals surface area contributed by atoms with Gasteiger partial charge < -0.3 is 34.5 Å². The number of nitrogens with zero attached hydrogens (tertiary/aromatic N) is 6. The highest BCUT2D eigenvalue weighted by Gasteiger charge is 2.35. The summed E-state index contributed by atoms with van der Waals surface area (Å²) >= 11 is 11.5. The van der Waals surface area contributed by atoms with Crippen LogP contribution in [-0.4, -0.2) is 87.4 Å². The van der Waals surface area contributed by atoms with Crippen LogP contribution in [0.25, 0.3) is 5.69 Å². The highest BCUT2D eigenvalue weighted by atomic mass is 35.5. The molecule has 0 aliphatic carbocycles. The first-order valence-electron chi connectivity index (χ1n) is 22.0. The monoisotopic (exact) mass is 1000 g/mol. The summed E-state index contributed by atoms with van der Waals surface area (Å²) in [6.07, 6.45) is -4.03. The van der Waals surface area contributed by atoms with E-state index in [9.17, 15) is 32.3 Å². The average Bonchev–Trinajstić information content (AvgIpc) is 3.30. The number of aromatic nitrogens is 5. The van der Waals surface area contributed by atoms with Gasteiger partial charge in [0.2, 0.25) is 23.1 Å². The fraction of sp³-hybridized carbons (Fsp3) is 0.438. The first kappa shape index (κ1) is 57.1. The van der Waals surface area contributed by atoms with Gasteiger partial charge in [-0.1, -0.05) is 44.2 Å². The zero-order valence-corrected chi connectivity index (χ0v) is 42.2. The number of para-hydroxylation sites is 1. The summed E-state index contributed by atoms with van der Waals surface area (Å²) in [5.41, 5.74) is 1.41. The van der Waals surface area contributed by atoms with Gasteiger partial charge in [-0.25, -0.2) is 14.2 Å². The molecular weight excluding hydrogens is 944 g/mol. The lowest BCUT2D eigenvalue weighted by molar-refractivity contribution is -0.148. The lowest BCUT2D eigenvalue weighted by atomic mass is 10.0. The number of esters is 1. The van der Waals surface area contributed by atoms with E-state index < -0.39 is 35.2 Å². The Morgan fingerprint density at radius 2 is 1.55 bits per heavy atom. The second kappa shape index (κ2) is 27.1. The van der Waals surface area contributed by atoms with Crippen LogP contribution in [0.2, 0.25) is 5.28 Å². The van der Waals surface area contributed by atoms with E-state index >= 15 is 0 Å². The number of carbonyl (C=O) groups is 2. The molecule has 0 radical (unpaired) electrons. The minimum atomic E-state index is -4.84. The fourth-order valence-electron chi connectivity index (χ4n) is 6.67. The van der Waals surface area contributed by atoms with Gasteiger partial charge in [0.15, 0.2) is 6.10 Å². The number of amides is 1. The molecule has 0 aliphatic rings. The molecule has 5 rings (SSSR count). The van der Waals surface area contributed by atoms with Crippen molar-refractivity contribution in [3.8, 4) is 17.2 Å². The summed E-state index contributed by atoms with van der Waals surface area (Å²) in [5.74, 6) is 1.20. The third-order valence-corrected chi connectivity index (χ3v) is 10.4. The van der Waals surface area contributed by atoms with Crippen molar-refractivity contribution in [2.45, 2.75) is 99.2 Å². The number of rotatable bonds is 18. The highest BCUT2D eigenvalue weighted by molar-refractivity contribution is 6.29. The van der Waals surface area contributed by atoms with Crippen molar-refractivity contribution in [1.82, 2.24) is 24.1 Å². The molecule has 5 aromatic rings. The van der Waals surface area contributed by atoms with Crippen LogP contribution in [-0.2, 0) is 51.7 Å². The van der Waals surface area contributed by atoms with Gasteiger partial charge in [-0.2, -0.15) is 28.1 Å². The molecule has 2 heterocycles. The van der Waals surface area contributed by atoms with E-state index in [1.54, 1.807) is 18.9 Å². The van der Waals surface area contributed by atoms with Crippen molar-refractivity contribution in [3.63, 3.8) is 0 Å². The zero-order chi connectivity index (χ0) is 51.6. The molecule has 69 heavy (non-hydrogen) atoms. The number of hydrogen-bond acceptors (Lipinski definition) is 13. The number of hydrogen-bond donors (Lipinski definition) is 2. The van der Waals surface area contributed by atoms with E-state index in [-0.39, 0.29) is 41.4 Å². The number of nitrogens with one attached hydrogen (secondary N) is 2. The van der Waals surface area contributed by atoms with Crippen molar-refractivity contribution in [1.29, 1.82) is 0 Å². The minimum Gasteiger partial charge on any atom is -0.489 e. The molecule has 376 valence electrons. The summed E-state index contributed by atoms with van der Waals surface area (Å²) < 4.78 is 61.7. The zero-order valence-electron chi connectivity index (χ0n) is 40.7. The number of methoxy groups -OCH3 is 2. The van der Waals surface area contributed by atoms with Gasteiger partial charge in [-0.15, -0.1) is 11.6 Å². The molecule has 2 unspecified atom stereocenters. The quantitative estimate of drug-likeness (QED) is 0.0630. The van der Waals surface area contributed by atoms with Crippen molar-refractivity contribution < 1.29 is 41.7 Å². The molecule has 21 heteroatoms. The molecule has 0 saturated carbocycles. The summed E-state index contributed by atoms with van der Waals surface area (Å²) in [5, 5.41) is 6.23. The van der Waals surface area contributed by atoms with E-state index in [1.165, 1.54) is 31.4 Å². The number of aryl methyl sites for hydroxylation is 3. The first-order chi connectivity index (χ1) is 32.6. The van der Waals surface area contributed by atoms with Gasteiger partial charge in [-0.05, 0) is 113 Å². The molecule has 0 saturated heterocycles. The molecule has 0 spiro atoms. The Labute approximate surface area is 410 Å². The van der Waals surface area contributed by atoms with E-state index in [2.05, 4.69) is 38.6 Å². The summed E-state index contributed by atoms with van der Waals surface area (Å²) in [7, 11) is 3.86. The molecular formula is C48H61Cl2F3N8O8. The van der Waals surface area contributed by atoms with Crippen molar-refractivity contribution in [3.05, 3.63) is 121 Å². The fourth-order valence-corrected chi connectivity index (χ4v) is 6.96. The van der Waals surface area contributed by atoms with Crippen LogP contribution < -0.4 is 36.3 Å². The number of benzene rings is 3. The topological polar surface area (TPSA) is 181 Å². The van der Waals surface area contributed by atoms with Crippen LogP contribution in [0.1, 0.15) is 76.4 Å². The predicted octanol–water partition coefficient (Wildman–Crippen LogP) is 8.58. The Morgan fingerprint density at radius 3 is 2.12 bits per heavy atom. The second-order valence-corrected chi connectivity index (χ2v) is 16.2. The number of carbonyl (C=O) groups excluding carboxylic acids is 2. The Balaban J connectivity index is 0.000000317. The van der Waals surface area contributed by atoms with E-state index in [4.69, 9.17) is 42.1 Å². The lowest BCUT2D eigenvalue weighted by Crippen LogP contribution is -2.43. The van der Waals surface area contributed by atoms with Gasteiger partial charge in [0.25, 0.3) is 5.56 Å². The SMILES string of the molecule is CCNc1nc(Cl)nc(NC(C)C)n1.CCc1ccc(COc2ccc(-n3c(=O)cc(C(F)(F)F)n(C)c3=O)cc2)c(OC(C)C(=O)OC)c1.CCc1cccc(C)c1N(C(=O)CCl)C(C)COC. The molecule has 2 N–H and O–H groups in total. The molecule has 0 fully saturated rings. The van der Waals surface area contributed by atoms with Gasteiger partial charge >= 0.3 is 17.8 Å². The van der Waals surface area contributed by atoms with E-state index in [0.29, 0.717) is 50.8 Å². The summed E-state index contributed by atoms with van der Waals surface area (Å²) in [4.78, 5) is 62.4. The molecule has 1 amide bonds. The number of ether oxygens (including phenoxy) is 4.